The van der Waals surface area contributed by atoms with Crippen molar-refractivity contribution in [2.45, 2.75) is 39.2 Å². The van der Waals surface area contributed by atoms with Crippen LogP contribution in [0.2, 0.25) is 0 Å². The average molecular weight is 203 g/mol. The molecule has 1 aliphatic rings. The molecule has 0 bridgehead atoms. The molecule has 0 saturated heterocycles. The summed E-state index contributed by atoms with van der Waals surface area (Å²) in [6, 6.07) is 6.80. The number of benzene rings is 1. The van der Waals surface area contributed by atoms with Crippen LogP contribution < -0.4 is 5.32 Å². The highest BCUT2D eigenvalue weighted by Gasteiger charge is 2.19. The third-order valence-electron chi connectivity index (χ3n) is 3.13. The summed E-state index contributed by atoms with van der Waals surface area (Å²) in [7, 11) is 0. The van der Waals surface area contributed by atoms with Gasteiger partial charge in [-0.25, -0.2) is 0 Å². The Morgan fingerprint density at radius 3 is 3.00 bits per heavy atom. The minimum Gasteiger partial charge on any atom is -0.353 e. The van der Waals surface area contributed by atoms with E-state index in [0.717, 1.165) is 19.3 Å². The van der Waals surface area contributed by atoms with E-state index in [1.54, 1.807) is 6.92 Å². The van der Waals surface area contributed by atoms with Gasteiger partial charge in [-0.2, -0.15) is 0 Å². The van der Waals surface area contributed by atoms with Crippen molar-refractivity contribution in [3.05, 3.63) is 34.9 Å². The van der Waals surface area contributed by atoms with Gasteiger partial charge in [0.2, 0.25) is 5.91 Å². The van der Waals surface area contributed by atoms with Crippen LogP contribution >= 0.6 is 0 Å². The first-order valence-electron chi connectivity index (χ1n) is 5.51. The average Bonchev–Trinajstić information content (AvgIpc) is 2.18. The van der Waals surface area contributed by atoms with Crippen LogP contribution in [-0.2, 0) is 17.6 Å². The van der Waals surface area contributed by atoms with E-state index < -0.39 is 0 Å². The van der Waals surface area contributed by atoms with Gasteiger partial charge in [0.1, 0.15) is 0 Å². The molecule has 0 heterocycles. The Hall–Kier alpha value is -1.31. The molecule has 1 N–H and O–H groups in total. The maximum Gasteiger partial charge on any atom is 0.217 e. The van der Waals surface area contributed by atoms with Crippen molar-refractivity contribution in [2.75, 3.05) is 0 Å². The van der Waals surface area contributed by atoms with Gasteiger partial charge >= 0.3 is 0 Å². The summed E-state index contributed by atoms with van der Waals surface area (Å²) < 4.78 is 0. The van der Waals surface area contributed by atoms with Crippen LogP contribution in [0.3, 0.4) is 0 Å². The van der Waals surface area contributed by atoms with Crippen molar-refractivity contribution in [1.82, 2.24) is 5.32 Å². The molecule has 1 unspecified atom stereocenters. The summed E-state index contributed by atoms with van der Waals surface area (Å²) in [6.45, 7) is 3.74. The molecule has 0 radical (unpaired) electrons. The number of amides is 1. The van der Waals surface area contributed by atoms with Crippen molar-refractivity contribution in [3.8, 4) is 0 Å². The van der Waals surface area contributed by atoms with Gasteiger partial charge in [-0.3, -0.25) is 4.79 Å². The number of fused-ring (bicyclic) bond motifs is 1. The maximum absolute atomic E-state index is 11.0. The molecule has 1 aromatic rings. The molecule has 0 aromatic heterocycles. The zero-order valence-corrected chi connectivity index (χ0v) is 9.34. The maximum atomic E-state index is 11.0. The normalized spacial score (nSPS) is 19.5. The van der Waals surface area contributed by atoms with Crippen molar-refractivity contribution >= 4 is 5.91 Å². The van der Waals surface area contributed by atoms with E-state index >= 15 is 0 Å². The molecule has 0 aliphatic heterocycles. The molecule has 80 valence electrons. The largest absolute Gasteiger partial charge is 0.353 e. The van der Waals surface area contributed by atoms with E-state index in [1.165, 1.54) is 16.7 Å². The zero-order chi connectivity index (χ0) is 10.8. The molecule has 2 rings (SSSR count). The van der Waals surface area contributed by atoms with E-state index in [1.807, 2.05) is 0 Å². The Bertz CT molecular complexity index is 384. The molecule has 15 heavy (non-hydrogen) atoms. The molecule has 1 aromatic carbocycles. The molecule has 2 heteroatoms. The third kappa shape index (κ3) is 2.20. The minimum atomic E-state index is 0.0806. The highest BCUT2D eigenvalue weighted by Crippen LogP contribution is 2.24. The van der Waals surface area contributed by atoms with Gasteiger partial charge in [-0.15, -0.1) is 0 Å². The molecular weight excluding hydrogens is 186 g/mol. The van der Waals surface area contributed by atoms with Crippen LogP contribution in [0.5, 0.6) is 0 Å². The fraction of sp³-hybridized carbons (Fsp3) is 0.462. The van der Waals surface area contributed by atoms with Gasteiger partial charge in [-0.1, -0.05) is 18.2 Å². The number of nitrogens with one attached hydrogen (secondary N) is 1. The summed E-state index contributed by atoms with van der Waals surface area (Å²) in [6.07, 6.45) is 3.14. The smallest absolute Gasteiger partial charge is 0.217 e. The first-order chi connectivity index (χ1) is 7.16. The van der Waals surface area contributed by atoms with Gasteiger partial charge in [0.25, 0.3) is 0 Å². The number of carbonyl (C=O) groups excluding carboxylic acids is 1. The number of rotatable bonds is 1. The van der Waals surface area contributed by atoms with E-state index in [9.17, 15) is 4.79 Å². The minimum absolute atomic E-state index is 0.0806. The fourth-order valence-electron chi connectivity index (χ4n) is 2.38. The van der Waals surface area contributed by atoms with Crippen LogP contribution in [-0.4, -0.2) is 11.9 Å². The Morgan fingerprint density at radius 2 is 2.27 bits per heavy atom. The number of hydrogen-bond donors (Lipinski definition) is 1. The second kappa shape index (κ2) is 4.05. The summed E-state index contributed by atoms with van der Waals surface area (Å²) in [4.78, 5) is 11.0. The van der Waals surface area contributed by atoms with Gasteiger partial charge in [-0.05, 0) is 42.9 Å². The van der Waals surface area contributed by atoms with Gasteiger partial charge in [0, 0.05) is 13.0 Å². The second-order valence-corrected chi connectivity index (χ2v) is 4.35. The van der Waals surface area contributed by atoms with Crippen molar-refractivity contribution in [1.29, 1.82) is 0 Å². The van der Waals surface area contributed by atoms with Gasteiger partial charge < -0.3 is 5.32 Å². The zero-order valence-electron chi connectivity index (χ0n) is 9.34. The van der Waals surface area contributed by atoms with Crippen LogP contribution in [0, 0.1) is 6.92 Å². The Balaban J connectivity index is 2.18. The van der Waals surface area contributed by atoms with Crippen molar-refractivity contribution in [2.24, 2.45) is 0 Å². The molecule has 1 amide bonds. The summed E-state index contributed by atoms with van der Waals surface area (Å²) in [5.41, 5.74) is 4.24. The lowest BCUT2D eigenvalue weighted by atomic mass is 9.86. The first kappa shape index (κ1) is 10.2. The molecule has 0 saturated carbocycles. The Morgan fingerprint density at radius 1 is 1.47 bits per heavy atom. The lowest BCUT2D eigenvalue weighted by Crippen LogP contribution is -2.37. The van der Waals surface area contributed by atoms with Gasteiger partial charge in [0.05, 0.1) is 0 Å². The van der Waals surface area contributed by atoms with Crippen LogP contribution in [0.15, 0.2) is 18.2 Å². The monoisotopic (exact) mass is 203 g/mol. The fourth-order valence-corrected chi connectivity index (χ4v) is 2.38. The predicted octanol–water partition coefficient (Wildman–Crippen LogP) is 1.99. The number of carbonyl (C=O) groups is 1. The lowest BCUT2D eigenvalue weighted by molar-refractivity contribution is -0.119. The van der Waals surface area contributed by atoms with E-state index in [4.69, 9.17) is 0 Å². The summed E-state index contributed by atoms with van der Waals surface area (Å²) in [5.74, 6) is 0.0806. The van der Waals surface area contributed by atoms with Crippen LogP contribution in [0.4, 0.5) is 0 Å². The van der Waals surface area contributed by atoms with Crippen molar-refractivity contribution in [3.63, 3.8) is 0 Å². The highest BCUT2D eigenvalue weighted by atomic mass is 16.1. The van der Waals surface area contributed by atoms with Gasteiger partial charge in [0.15, 0.2) is 0 Å². The third-order valence-corrected chi connectivity index (χ3v) is 3.13. The molecule has 0 spiro atoms. The quantitative estimate of drug-likeness (QED) is 0.743. The molecule has 1 atom stereocenters. The summed E-state index contributed by atoms with van der Waals surface area (Å²) >= 11 is 0. The molecular formula is C13H17NO. The number of hydrogen-bond acceptors (Lipinski definition) is 1. The second-order valence-electron chi connectivity index (χ2n) is 4.35. The topological polar surface area (TPSA) is 29.1 Å². The van der Waals surface area contributed by atoms with Crippen molar-refractivity contribution < 1.29 is 4.79 Å². The summed E-state index contributed by atoms with van der Waals surface area (Å²) in [5, 5.41) is 3.01. The predicted molar refractivity (Wildman–Crippen MR) is 60.8 cm³/mol. The van der Waals surface area contributed by atoms with E-state index in [2.05, 4.69) is 30.4 Å². The Labute approximate surface area is 90.7 Å². The SMILES string of the molecule is CC(=O)NC1CCc2cccc(C)c2C1. The molecule has 0 fully saturated rings. The van der Waals surface area contributed by atoms with E-state index in [0.29, 0.717) is 6.04 Å². The van der Waals surface area contributed by atoms with Crippen LogP contribution in [0.25, 0.3) is 0 Å². The Kier molecular flexibility index (Phi) is 2.76. The standard InChI is InChI=1S/C13H17NO/c1-9-4-3-5-11-6-7-12(8-13(9)11)14-10(2)15/h3-5,12H,6-8H2,1-2H3,(H,14,15). The lowest BCUT2D eigenvalue weighted by Gasteiger charge is -2.26. The van der Waals surface area contributed by atoms with E-state index in [-0.39, 0.29) is 5.91 Å². The van der Waals surface area contributed by atoms with Crippen LogP contribution in [0.1, 0.15) is 30.0 Å². The first-order valence-corrected chi connectivity index (χ1v) is 5.51. The number of aryl methyl sites for hydroxylation is 2. The molecule has 2 nitrogen and oxygen atoms in total. The highest BCUT2D eigenvalue weighted by molar-refractivity contribution is 5.73. The molecule has 1 aliphatic carbocycles.